The molecule has 1 aliphatic heterocycles. The normalized spacial score (nSPS) is 18.5. The Balaban J connectivity index is 1.60. The number of H-pyrrole nitrogens is 1. The first-order valence-electron chi connectivity index (χ1n) is 7.96. The molecule has 1 fully saturated rings. The Morgan fingerprint density at radius 1 is 1.35 bits per heavy atom. The van der Waals surface area contributed by atoms with E-state index in [1.54, 1.807) is 0 Å². The van der Waals surface area contributed by atoms with Gasteiger partial charge in [-0.1, -0.05) is 18.2 Å². The van der Waals surface area contributed by atoms with Gasteiger partial charge in [0.05, 0.1) is 11.6 Å². The molecule has 0 bridgehead atoms. The van der Waals surface area contributed by atoms with Crippen molar-refractivity contribution in [2.24, 2.45) is 0 Å². The Morgan fingerprint density at radius 2 is 2.22 bits per heavy atom. The molecule has 0 aliphatic carbocycles. The lowest BCUT2D eigenvalue weighted by Gasteiger charge is -2.33. The van der Waals surface area contributed by atoms with Crippen molar-refractivity contribution in [1.29, 1.82) is 0 Å². The van der Waals surface area contributed by atoms with E-state index in [0.29, 0.717) is 18.3 Å². The highest BCUT2D eigenvalue weighted by Gasteiger charge is 2.28. The van der Waals surface area contributed by atoms with E-state index in [1.807, 2.05) is 48.5 Å². The molecule has 4 rings (SSSR count). The monoisotopic (exact) mass is 309 g/mol. The highest BCUT2D eigenvalue weighted by atomic mass is 16.2. The molecular weight excluding hydrogens is 290 g/mol. The van der Waals surface area contributed by atoms with Crippen LogP contribution in [-0.2, 0) is 0 Å². The van der Waals surface area contributed by atoms with Crippen molar-refractivity contribution in [3.05, 3.63) is 48.2 Å². The summed E-state index contributed by atoms with van der Waals surface area (Å²) in [5.41, 5.74) is 1.42. The van der Waals surface area contributed by atoms with Gasteiger partial charge in [0.15, 0.2) is 5.69 Å². The Labute approximate surface area is 134 Å². The van der Waals surface area contributed by atoms with Crippen molar-refractivity contribution in [2.45, 2.75) is 25.8 Å². The molecule has 0 radical (unpaired) electrons. The van der Waals surface area contributed by atoms with Gasteiger partial charge in [-0.25, -0.2) is 4.98 Å². The number of hydrogen-bond acceptors (Lipinski definition) is 3. The third kappa shape index (κ3) is 2.40. The van der Waals surface area contributed by atoms with Crippen molar-refractivity contribution >= 4 is 16.8 Å². The third-order valence-electron chi connectivity index (χ3n) is 4.61. The molecule has 6 nitrogen and oxygen atoms in total. The number of aryl methyl sites for hydroxylation is 1. The van der Waals surface area contributed by atoms with Crippen LogP contribution in [0.15, 0.2) is 36.7 Å². The van der Waals surface area contributed by atoms with Crippen LogP contribution in [0.1, 0.15) is 35.2 Å². The summed E-state index contributed by atoms with van der Waals surface area (Å²) in [7, 11) is 0. The Hall–Kier alpha value is -2.63. The van der Waals surface area contributed by atoms with E-state index in [1.165, 1.54) is 0 Å². The molecule has 1 saturated heterocycles. The summed E-state index contributed by atoms with van der Waals surface area (Å²) in [4.78, 5) is 19.1. The predicted octanol–water partition coefficient (Wildman–Crippen LogP) is 2.55. The van der Waals surface area contributed by atoms with Crippen LogP contribution in [0.2, 0.25) is 0 Å². The average Bonchev–Trinajstić information content (AvgIpc) is 3.20. The van der Waals surface area contributed by atoms with E-state index in [9.17, 15) is 4.79 Å². The van der Waals surface area contributed by atoms with Gasteiger partial charge >= 0.3 is 0 Å². The van der Waals surface area contributed by atoms with Crippen LogP contribution in [0, 0.1) is 6.92 Å². The second kappa shape index (κ2) is 5.53. The van der Waals surface area contributed by atoms with E-state index >= 15 is 0 Å². The maximum absolute atomic E-state index is 12.9. The molecule has 1 atom stereocenters. The van der Waals surface area contributed by atoms with Gasteiger partial charge in [-0.2, -0.15) is 5.10 Å². The van der Waals surface area contributed by atoms with Crippen molar-refractivity contribution < 1.29 is 4.79 Å². The molecule has 118 valence electrons. The highest BCUT2D eigenvalue weighted by Crippen LogP contribution is 2.25. The molecule has 0 saturated carbocycles. The third-order valence-corrected chi connectivity index (χ3v) is 4.61. The van der Waals surface area contributed by atoms with E-state index in [4.69, 9.17) is 0 Å². The number of hydrogen-bond donors (Lipinski definition) is 1. The number of aromatic nitrogens is 4. The van der Waals surface area contributed by atoms with Crippen molar-refractivity contribution in [2.75, 3.05) is 13.1 Å². The summed E-state index contributed by atoms with van der Waals surface area (Å²) in [6, 6.07) is 8.04. The lowest BCUT2D eigenvalue weighted by atomic mass is 10.0. The first kappa shape index (κ1) is 14.0. The number of imidazole rings is 1. The SMILES string of the molecule is Cc1nccn1C1CCCN(C(=O)c2n[nH]c3ccccc23)C1. The van der Waals surface area contributed by atoms with Gasteiger partial charge in [0.2, 0.25) is 0 Å². The van der Waals surface area contributed by atoms with Gasteiger partial charge in [-0.3, -0.25) is 9.89 Å². The number of carbonyl (C=O) groups excluding carboxylic acids is 1. The molecule has 23 heavy (non-hydrogen) atoms. The van der Waals surface area contributed by atoms with Crippen molar-refractivity contribution in [3.63, 3.8) is 0 Å². The molecular formula is C17H19N5O. The minimum absolute atomic E-state index is 0.00455. The number of para-hydroxylation sites is 1. The molecule has 6 heteroatoms. The quantitative estimate of drug-likeness (QED) is 0.791. The topological polar surface area (TPSA) is 66.8 Å². The molecule has 3 aromatic rings. The number of aromatic amines is 1. The Morgan fingerprint density at radius 3 is 3.04 bits per heavy atom. The maximum atomic E-state index is 12.9. The van der Waals surface area contributed by atoms with E-state index < -0.39 is 0 Å². The summed E-state index contributed by atoms with van der Waals surface area (Å²) in [5, 5.41) is 8.07. The first-order valence-corrected chi connectivity index (χ1v) is 7.96. The number of amides is 1. The number of nitrogens with zero attached hydrogens (tertiary/aromatic N) is 4. The molecule has 0 spiro atoms. The lowest BCUT2D eigenvalue weighted by molar-refractivity contribution is 0.0674. The van der Waals surface area contributed by atoms with Crippen LogP contribution in [-0.4, -0.2) is 43.6 Å². The molecule has 2 aromatic heterocycles. The molecule has 3 heterocycles. The maximum Gasteiger partial charge on any atom is 0.275 e. The first-order chi connectivity index (χ1) is 11.2. The van der Waals surface area contributed by atoms with Crippen LogP contribution in [0.3, 0.4) is 0 Å². The van der Waals surface area contributed by atoms with Crippen LogP contribution in [0.4, 0.5) is 0 Å². The lowest BCUT2D eigenvalue weighted by Crippen LogP contribution is -2.41. The fourth-order valence-corrected chi connectivity index (χ4v) is 3.42. The van der Waals surface area contributed by atoms with Crippen molar-refractivity contribution in [3.8, 4) is 0 Å². The van der Waals surface area contributed by atoms with E-state index in [0.717, 1.165) is 36.1 Å². The van der Waals surface area contributed by atoms with Crippen LogP contribution in [0.5, 0.6) is 0 Å². The van der Waals surface area contributed by atoms with Crippen LogP contribution >= 0.6 is 0 Å². The zero-order valence-corrected chi connectivity index (χ0v) is 13.1. The number of piperidine rings is 1. The van der Waals surface area contributed by atoms with Gasteiger partial charge < -0.3 is 9.47 Å². The summed E-state index contributed by atoms with van der Waals surface area (Å²) < 4.78 is 2.17. The van der Waals surface area contributed by atoms with Gasteiger partial charge in [0.25, 0.3) is 5.91 Å². The van der Waals surface area contributed by atoms with E-state index in [-0.39, 0.29) is 5.91 Å². The number of carbonyl (C=O) groups is 1. The summed E-state index contributed by atoms with van der Waals surface area (Å²) >= 11 is 0. The van der Waals surface area contributed by atoms with E-state index in [2.05, 4.69) is 19.7 Å². The van der Waals surface area contributed by atoms with Gasteiger partial charge in [-0.15, -0.1) is 0 Å². The largest absolute Gasteiger partial charge is 0.335 e. The second-order valence-corrected chi connectivity index (χ2v) is 6.05. The number of benzene rings is 1. The summed E-state index contributed by atoms with van der Waals surface area (Å²) in [5.74, 6) is 0.999. The molecule has 1 unspecified atom stereocenters. The standard InChI is InChI=1S/C17H19N5O/c1-12-18-8-10-22(12)13-5-4-9-21(11-13)17(23)16-14-6-2-3-7-15(14)19-20-16/h2-3,6-8,10,13H,4-5,9,11H2,1H3,(H,19,20). The van der Waals surface area contributed by atoms with Gasteiger partial charge in [0.1, 0.15) is 5.82 Å². The number of rotatable bonds is 2. The molecule has 1 N–H and O–H groups in total. The van der Waals surface area contributed by atoms with Gasteiger partial charge in [0, 0.05) is 30.9 Å². The molecule has 1 aliphatic rings. The smallest absolute Gasteiger partial charge is 0.275 e. The number of nitrogens with one attached hydrogen (secondary N) is 1. The Kier molecular flexibility index (Phi) is 3.37. The summed E-state index contributed by atoms with van der Waals surface area (Å²) in [6.07, 6.45) is 5.88. The summed E-state index contributed by atoms with van der Waals surface area (Å²) in [6.45, 7) is 3.49. The average molecular weight is 309 g/mol. The highest BCUT2D eigenvalue weighted by molar-refractivity contribution is 6.04. The minimum atomic E-state index is 0.00455. The van der Waals surface area contributed by atoms with Gasteiger partial charge in [-0.05, 0) is 25.8 Å². The van der Waals surface area contributed by atoms with Crippen LogP contribution in [0.25, 0.3) is 10.9 Å². The predicted molar refractivity (Wildman–Crippen MR) is 87.2 cm³/mol. The van der Waals surface area contributed by atoms with Crippen molar-refractivity contribution in [1.82, 2.24) is 24.6 Å². The van der Waals surface area contributed by atoms with Crippen LogP contribution < -0.4 is 0 Å². The fourth-order valence-electron chi connectivity index (χ4n) is 3.42. The number of likely N-dealkylation sites (tertiary alicyclic amines) is 1. The molecule has 1 aromatic carbocycles. The Bertz CT molecular complexity index is 849. The fraction of sp³-hybridized carbons (Fsp3) is 0.353. The minimum Gasteiger partial charge on any atom is -0.335 e. The zero-order chi connectivity index (χ0) is 15.8. The molecule has 1 amide bonds. The second-order valence-electron chi connectivity index (χ2n) is 6.05. The number of fused-ring (bicyclic) bond motifs is 1. The zero-order valence-electron chi connectivity index (χ0n) is 13.1.